The maximum atomic E-state index is 11.9. The summed E-state index contributed by atoms with van der Waals surface area (Å²) in [4.78, 5) is 0. The van der Waals surface area contributed by atoms with Gasteiger partial charge in [0.15, 0.2) is 9.84 Å². The van der Waals surface area contributed by atoms with Crippen molar-refractivity contribution >= 4 is 9.84 Å². The summed E-state index contributed by atoms with van der Waals surface area (Å²) in [7, 11) is -3.03. The van der Waals surface area contributed by atoms with Gasteiger partial charge in [-0.25, -0.2) is 8.42 Å². The molecule has 0 aliphatic carbocycles. The van der Waals surface area contributed by atoms with Gasteiger partial charge in [-0.1, -0.05) is 30.3 Å². The van der Waals surface area contributed by atoms with E-state index in [-0.39, 0.29) is 11.8 Å². The van der Waals surface area contributed by atoms with Crippen molar-refractivity contribution in [3.8, 4) is 0 Å². The van der Waals surface area contributed by atoms with Crippen LogP contribution in [-0.2, 0) is 9.84 Å². The molecule has 0 spiro atoms. The van der Waals surface area contributed by atoms with Gasteiger partial charge in [0.1, 0.15) is 0 Å². The smallest absolute Gasteiger partial charge is 0.155 e. The SMILES string of the molecule is CC(C)(C)S(=O)(=O)CCCC(N)c1ccccc1. The first kappa shape index (κ1) is 15.2. The van der Waals surface area contributed by atoms with Gasteiger partial charge in [0.25, 0.3) is 0 Å². The Morgan fingerprint density at radius 2 is 1.72 bits per heavy atom. The van der Waals surface area contributed by atoms with Crippen LogP contribution in [0.1, 0.15) is 45.2 Å². The van der Waals surface area contributed by atoms with Crippen molar-refractivity contribution in [2.24, 2.45) is 5.73 Å². The highest BCUT2D eigenvalue weighted by Gasteiger charge is 2.28. The minimum Gasteiger partial charge on any atom is -0.324 e. The molecule has 1 aromatic carbocycles. The Balaban J connectivity index is 2.49. The quantitative estimate of drug-likeness (QED) is 0.894. The average molecular weight is 269 g/mol. The van der Waals surface area contributed by atoms with Crippen LogP contribution in [0.5, 0.6) is 0 Å². The van der Waals surface area contributed by atoms with Gasteiger partial charge in [0.2, 0.25) is 0 Å². The van der Waals surface area contributed by atoms with Crippen LogP contribution in [0, 0.1) is 0 Å². The molecule has 0 bridgehead atoms. The standard InChI is InChI=1S/C14H23NO2S/c1-14(2,3)18(16,17)11-7-10-13(15)12-8-5-4-6-9-12/h4-6,8-9,13H,7,10-11,15H2,1-3H3. The number of rotatable bonds is 5. The van der Waals surface area contributed by atoms with Crippen LogP contribution in [-0.4, -0.2) is 18.9 Å². The highest BCUT2D eigenvalue weighted by molar-refractivity contribution is 7.92. The van der Waals surface area contributed by atoms with Crippen LogP contribution < -0.4 is 5.73 Å². The zero-order valence-electron chi connectivity index (χ0n) is 11.4. The molecule has 3 nitrogen and oxygen atoms in total. The van der Waals surface area contributed by atoms with E-state index in [0.29, 0.717) is 12.8 Å². The fourth-order valence-corrected chi connectivity index (χ4v) is 2.83. The maximum absolute atomic E-state index is 11.9. The molecule has 1 aromatic rings. The van der Waals surface area contributed by atoms with Crippen molar-refractivity contribution in [1.82, 2.24) is 0 Å². The lowest BCUT2D eigenvalue weighted by Gasteiger charge is -2.19. The molecule has 0 heterocycles. The Morgan fingerprint density at radius 3 is 2.22 bits per heavy atom. The minimum absolute atomic E-state index is 0.0821. The second kappa shape index (κ2) is 5.85. The van der Waals surface area contributed by atoms with Crippen LogP contribution in [0.15, 0.2) is 30.3 Å². The first-order valence-corrected chi connectivity index (χ1v) is 7.92. The van der Waals surface area contributed by atoms with Crippen LogP contribution in [0.2, 0.25) is 0 Å². The molecule has 4 heteroatoms. The highest BCUT2D eigenvalue weighted by Crippen LogP contribution is 2.20. The summed E-state index contributed by atoms with van der Waals surface area (Å²) in [6.45, 7) is 5.21. The second-order valence-electron chi connectivity index (χ2n) is 5.59. The number of hydrogen-bond donors (Lipinski definition) is 1. The largest absolute Gasteiger partial charge is 0.324 e. The van der Waals surface area contributed by atoms with Gasteiger partial charge in [0, 0.05) is 6.04 Å². The van der Waals surface area contributed by atoms with Crippen molar-refractivity contribution in [2.75, 3.05) is 5.75 Å². The van der Waals surface area contributed by atoms with Crippen molar-refractivity contribution in [3.63, 3.8) is 0 Å². The Morgan fingerprint density at radius 1 is 1.17 bits per heavy atom. The maximum Gasteiger partial charge on any atom is 0.155 e. The number of hydrogen-bond acceptors (Lipinski definition) is 3. The lowest BCUT2D eigenvalue weighted by Crippen LogP contribution is -2.30. The lowest BCUT2D eigenvalue weighted by molar-refractivity contribution is 0.551. The molecule has 2 N–H and O–H groups in total. The molecule has 1 unspecified atom stereocenters. The molecular formula is C14H23NO2S. The first-order valence-electron chi connectivity index (χ1n) is 6.27. The van der Waals surface area contributed by atoms with Gasteiger partial charge >= 0.3 is 0 Å². The van der Waals surface area contributed by atoms with E-state index in [4.69, 9.17) is 5.73 Å². The zero-order chi connectivity index (χ0) is 13.8. The number of nitrogens with two attached hydrogens (primary N) is 1. The molecule has 18 heavy (non-hydrogen) atoms. The molecular weight excluding hydrogens is 246 g/mol. The Hall–Kier alpha value is -0.870. The Labute approximate surface area is 110 Å². The lowest BCUT2D eigenvalue weighted by atomic mass is 10.0. The van der Waals surface area contributed by atoms with Crippen LogP contribution in [0.25, 0.3) is 0 Å². The molecule has 0 saturated carbocycles. The van der Waals surface area contributed by atoms with Gasteiger partial charge in [-0.15, -0.1) is 0 Å². The third-order valence-electron chi connectivity index (χ3n) is 3.09. The Kier molecular flexibility index (Phi) is 4.93. The third-order valence-corrected chi connectivity index (χ3v) is 5.78. The summed E-state index contributed by atoms with van der Waals surface area (Å²) >= 11 is 0. The van der Waals surface area contributed by atoms with Gasteiger partial charge in [0.05, 0.1) is 10.5 Å². The molecule has 102 valence electrons. The van der Waals surface area contributed by atoms with E-state index < -0.39 is 14.6 Å². The molecule has 0 aliphatic heterocycles. The molecule has 1 rings (SSSR count). The molecule has 1 atom stereocenters. The number of sulfone groups is 1. The Bertz CT molecular complexity index is 460. The summed E-state index contributed by atoms with van der Waals surface area (Å²) in [6, 6.07) is 9.70. The topological polar surface area (TPSA) is 60.2 Å². The summed E-state index contributed by atoms with van der Waals surface area (Å²) in [5.41, 5.74) is 7.10. The molecule has 0 aliphatic rings. The second-order valence-corrected chi connectivity index (χ2v) is 8.45. The predicted molar refractivity (Wildman–Crippen MR) is 76.1 cm³/mol. The number of benzene rings is 1. The van der Waals surface area contributed by atoms with Crippen LogP contribution >= 0.6 is 0 Å². The fourth-order valence-electron chi connectivity index (χ4n) is 1.67. The van der Waals surface area contributed by atoms with Gasteiger partial charge < -0.3 is 5.73 Å². The molecule has 0 amide bonds. The molecule has 0 saturated heterocycles. The first-order chi connectivity index (χ1) is 8.24. The van der Waals surface area contributed by atoms with E-state index in [2.05, 4.69) is 0 Å². The van der Waals surface area contributed by atoms with Gasteiger partial charge in [-0.05, 0) is 39.2 Å². The van der Waals surface area contributed by atoms with E-state index >= 15 is 0 Å². The van der Waals surface area contributed by atoms with E-state index in [9.17, 15) is 8.42 Å². The zero-order valence-corrected chi connectivity index (χ0v) is 12.2. The van der Waals surface area contributed by atoms with E-state index in [1.54, 1.807) is 20.8 Å². The molecule has 0 radical (unpaired) electrons. The predicted octanol–water partition coefficient (Wildman–Crippen LogP) is 2.68. The van der Waals surface area contributed by atoms with Crippen LogP contribution in [0.3, 0.4) is 0 Å². The van der Waals surface area contributed by atoms with Crippen molar-refractivity contribution in [2.45, 2.75) is 44.4 Å². The summed E-state index contributed by atoms with van der Waals surface area (Å²) in [5, 5.41) is 0. The summed E-state index contributed by atoms with van der Waals surface area (Å²) < 4.78 is 23.2. The monoisotopic (exact) mass is 269 g/mol. The summed E-state index contributed by atoms with van der Waals surface area (Å²) in [5.74, 6) is 0.205. The summed E-state index contributed by atoms with van der Waals surface area (Å²) in [6.07, 6.45) is 1.30. The third kappa shape index (κ3) is 4.10. The fraction of sp³-hybridized carbons (Fsp3) is 0.571. The van der Waals surface area contributed by atoms with Crippen LogP contribution in [0.4, 0.5) is 0 Å². The highest BCUT2D eigenvalue weighted by atomic mass is 32.2. The van der Waals surface area contributed by atoms with E-state index in [1.807, 2.05) is 30.3 Å². The normalized spacial score (nSPS) is 14.4. The van der Waals surface area contributed by atoms with Crippen molar-refractivity contribution < 1.29 is 8.42 Å². The van der Waals surface area contributed by atoms with Crippen molar-refractivity contribution in [1.29, 1.82) is 0 Å². The van der Waals surface area contributed by atoms with Crippen molar-refractivity contribution in [3.05, 3.63) is 35.9 Å². The molecule has 0 aromatic heterocycles. The van der Waals surface area contributed by atoms with Gasteiger partial charge in [-0.2, -0.15) is 0 Å². The van der Waals surface area contributed by atoms with Gasteiger partial charge in [-0.3, -0.25) is 0 Å². The van der Waals surface area contributed by atoms with E-state index in [0.717, 1.165) is 5.56 Å². The average Bonchev–Trinajstić information content (AvgIpc) is 2.28. The molecule has 0 fully saturated rings. The van der Waals surface area contributed by atoms with E-state index in [1.165, 1.54) is 0 Å². The minimum atomic E-state index is -3.03.